The van der Waals surface area contributed by atoms with Gasteiger partial charge in [0.2, 0.25) is 5.28 Å². The first kappa shape index (κ1) is 15.2. The van der Waals surface area contributed by atoms with E-state index in [9.17, 15) is 18.0 Å². The molecule has 0 spiro atoms. The molecule has 21 heavy (non-hydrogen) atoms. The van der Waals surface area contributed by atoms with Crippen LogP contribution in [0.15, 0.2) is 30.3 Å². The summed E-state index contributed by atoms with van der Waals surface area (Å²) in [7, 11) is 1.23. The summed E-state index contributed by atoms with van der Waals surface area (Å²) in [6.45, 7) is 0. The van der Waals surface area contributed by atoms with Crippen LogP contribution in [0.2, 0.25) is 5.28 Å². The predicted molar refractivity (Wildman–Crippen MR) is 68.8 cm³/mol. The normalized spacial score (nSPS) is 11.3. The van der Waals surface area contributed by atoms with Crippen LogP contribution < -0.4 is 0 Å². The zero-order chi connectivity index (χ0) is 15.6. The van der Waals surface area contributed by atoms with Gasteiger partial charge in [0.1, 0.15) is 5.69 Å². The van der Waals surface area contributed by atoms with Gasteiger partial charge in [0, 0.05) is 5.56 Å². The van der Waals surface area contributed by atoms with Crippen LogP contribution in [0.3, 0.4) is 0 Å². The van der Waals surface area contributed by atoms with Crippen molar-refractivity contribution in [3.05, 3.63) is 46.9 Å². The average molecular weight is 317 g/mol. The van der Waals surface area contributed by atoms with Gasteiger partial charge in [0.25, 0.3) is 0 Å². The van der Waals surface area contributed by atoms with Crippen molar-refractivity contribution in [2.75, 3.05) is 7.11 Å². The molecule has 0 aliphatic rings. The van der Waals surface area contributed by atoms with E-state index in [1.807, 2.05) is 0 Å². The standard InChI is InChI=1S/C13H8ClF3N2O2/c1-21-11(20)8-4-2-7(3-5-8)9-6-10(13(15,16)17)19-12(14)18-9/h2-6H,1H3. The Morgan fingerprint density at radius 2 is 1.81 bits per heavy atom. The fraction of sp³-hybridized carbons (Fsp3) is 0.154. The topological polar surface area (TPSA) is 52.1 Å². The number of halogens is 4. The van der Waals surface area contributed by atoms with Crippen molar-refractivity contribution in [2.24, 2.45) is 0 Å². The van der Waals surface area contributed by atoms with E-state index in [0.717, 1.165) is 6.07 Å². The summed E-state index contributed by atoms with van der Waals surface area (Å²) in [5.41, 5.74) is -0.469. The van der Waals surface area contributed by atoms with E-state index in [1.165, 1.54) is 31.4 Å². The van der Waals surface area contributed by atoms with E-state index in [1.54, 1.807) is 0 Å². The molecule has 2 aromatic rings. The number of nitrogens with zero attached hydrogens (tertiary/aromatic N) is 2. The molecule has 0 aliphatic heterocycles. The lowest BCUT2D eigenvalue weighted by atomic mass is 10.1. The Labute approximate surface area is 122 Å². The number of benzene rings is 1. The van der Waals surface area contributed by atoms with Gasteiger partial charge >= 0.3 is 12.1 Å². The van der Waals surface area contributed by atoms with Crippen LogP contribution in [0.25, 0.3) is 11.3 Å². The van der Waals surface area contributed by atoms with E-state index < -0.39 is 23.1 Å². The highest BCUT2D eigenvalue weighted by Gasteiger charge is 2.33. The van der Waals surface area contributed by atoms with Gasteiger partial charge < -0.3 is 4.74 Å². The van der Waals surface area contributed by atoms with Crippen molar-refractivity contribution in [3.8, 4) is 11.3 Å². The minimum Gasteiger partial charge on any atom is -0.465 e. The maximum Gasteiger partial charge on any atom is 0.433 e. The Hall–Kier alpha value is -2.15. The molecule has 4 nitrogen and oxygen atoms in total. The fourth-order valence-electron chi connectivity index (χ4n) is 1.61. The molecule has 0 bridgehead atoms. The summed E-state index contributed by atoms with van der Waals surface area (Å²) >= 11 is 5.51. The molecule has 0 fully saturated rings. The summed E-state index contributed by atoms with van der Waals surface area (Å²) in [6, 6.07) is 6.53. The van der Waals surface area contributed by atoms with Crippen molar-refractivity contribution in [1.29, 1.82) is 0 Å². The molecule has 1 aromatic heterocycles. The summed E-state index contributed by atoms with van der Waals surface area (Å²) in [4.78, 5) is 18.2. The second-order valence-corrected chi connectivity index (χ2v) is 4.31. The predicted octanol–water partition coefficient (Wildman–Crippen LogP) is 3.60. The summed E-state index contributed by atoms with van der Waals surface area (Å²) in [5, 5.41) is -0.503. The largest absolute Gasteiger partial charge is 0.465 e. The maximum atomic E-state index is 12.7. The highest BCUT2D eigenvalue weighted by molar-refractivity contribution is 6.28. The molecule has 1 aromatic carbocycles. The maximum absolute atomic E-state index is 12.7. The van der Waals surface area contributed by atoms with Crippen molar-refractivity contribution in [1.82, 2.24) is 9.97 Å². The number of hydrogen-bond acceptors (Lipinski definition) is 4. The van der Waals surface area contributed by atoms with Crippen LogP contribution in [0.4, 0.5) is 13.2 Å². The minimum absolute atomic E-state index is 0.0127. The zero-order valence-electron chi connectivity index (χ0n) is 10.6. The third-order valence-electron chi connectivity index (χ3n) is 2.59. The van der Waals surface area contributed by atoms with E-state index in [4.69, 9.17) is 11.6 Å². The van der Waals surface area contributed by atoms with Crippen LogP contribution >= 0.6 is 11.6 Å². The highest BCUT2D eigenvalue weighted by atomic mass is 35.5. The Kier molecular flexibility index (Phi) is 4.13. The number of carbonyl (C=O) groups excluding carboxylic acids is 1. The minimum atomic E-state index is -4.62. The molecule has 110 valence electrons. The van der Waals surface area contributed by atoms with Crippen LogP contribution in [0.1, 0.15) is 16.1 Å². The monoisotopic (exact) mass is 316 g/mol. The second-order valence-electron chi connectivity index (χ2n) is 3.97. The number of methoxy groups -OCH3 is 1. The van der Waals surface area contributed by atoms with E-state index in [2.05, 4.69) is 14.7 Å². The molecule has 1 heterocycles. The molecule has 0 N–H and O–H groups in total. The molecular formula is C13H8ClF3N2O2. The first-order valence-electron chi connectivity index (χ1n) is 5.62. The molecular weight excluding hydrogens is 309 g/mol. The van der Waals surface area contributed by atoms with E-state index in [-0.39, 0.29) is 11.3 Å². The molecule has 0 saturated heterocycles. The number of alkyl halides is 3. The summed E-state index contributed by atoms with van der Waals surface area (Å²) in [6.07, 6.45) is -4.62. The van der Waals surface area contributed by atoms with Gasteiger partial charge in [-0.15, -0.1) is 0 Å². The van der Waals surface area contributed by atoms with E-state index in [0.29, 0.717) is 5.56 Å². The van der Waals surface area contributed by atoms with Crippen molar-refractivity contribution >= 4 is 17.6 Å². The first-order chi connectivity index (χ1) is 9.81. The Morgan fingerprint density at radius 1 is 1.19 bits per heavy atom. The third kappa shape index (κ3) is 3.49. The van der Waals surface area contributed by atoms with Crippen LogP contribution in [0, 0.1) is 0 Å². The SMILES string of the molecule is COC(=O)c1ccc(-c2cc(C(F)(F)F)nc(Cl)n2)cc1. The lowest BCUT2D eigenvalue weighted by Gasteiger charge is -2.08. The molecule has 2 rings (SSSR count). The average Bonchev–Trinajstić information content (AvgIpc) is 2.45. The number of hydrogen-bond donors (Lipinski definition) is 0. The van der Waals surface area contributed by atoms with Crippen molar-refractivity contribution in [3.63, 3.8) is 0 Å². The molecule has 0 atom stereocenters. The highest BCUT2D eigenvalue weighted by Crippen LogP contribution is 2.31. The number of carbonyl (C=O) groups is 1. The van der Waals surface area contributed by atoms with Crippen molar-refractivity contribution < 1.29 is 22.7 Å². The van der Waals surface area contributed by atoms with Gasteiger partial charge in [-0.25, -0.2) is 14.8 Å². The van der Waals surface area contributed by atoms with Crippen molar-refractivity contribution in [2.45, 2.75) is 6.18 Å². The van der Waals surface area contributed by atoms with Gasteiger partial charge in [-0.05, 0) is 29.8 Å². The van der Waals surface area contributed by atoms with Gasteiger partial charge in [0.05, 0.1) is 18.4 Å². The van der Waals surface area contributed by atoms with Crippen LogP contribution in [-0.2, 0) is 10.9 Å². The van der Waals surface area contributed by atoms with Gasteiger partial charge in [-0.1, -0.05) is 12.1 Å². The third-order valence-corrected chi connectivity index (χ3v) is 2.76. The zero-order valence-corrected chi connectivity index (χ0v) is 11.4. The van der Waals surface area contributed by atoms with Crippen LogP contribution in [0.5, 0.6) is 0 Å². The molecule has 0 unspecified atom stereocenters. The summed E-state index contributed by atoms with van der Waals surface area (Å²) < 4.78 is 42.5. The smallest absolute Gasteiger partial charge is 0.433 e. The number of rotatable bonds is 2. The lowest BCUT2D eigenvalue weighted by Crippen LogP contribution is -2.09. The van der Waals surface area contributed by atoms with E-state index >= 15 is 0 Å². The second kappa shape index (κ2) is 5.69. The number of esters is 1. The number of aromatic nitrogens is 2. The number of ether oxygens (including phenoxy) is 1. The van der Waals surface area contributed by atoms with Gasteiger partial charge in [-0.2, -0.15) is 13.2 Å². The van der Waals surface area contributed by atoms with Gasteiger partial charge in [-0.3, -0.25) is 0 Å². The van der Waals surface area contributed by atoms with Gasteiger partial charge in [0.15, 0.2) is 0 Å². The molecule has 8 heteroatoms. The molecule has 0 saturated carbocycles. The lowest BCUT2D eigenvalue weighted by molar-refractivity contribution is -0.141. The first-order valence-corrected chi connectivity index (χ1v) is 5.99. The molecule has 0 radical (unpaired) electrons. The Morgan fingerprint density at radius 3 is 2.33 bits per heavy atom. The Bertz CT molecular complexity index is 672. The van der Waals surface area contributed by atoms with Crippen LogP contribution in [-0.4, -0.2) is 23.0 Å². The molecule has 0 aliphatic carbocycles. The fourth-order valence-corrected chi connectivity index (χ4v) is 1.79. The Balaban J connectivity index is 2.42. The quantitative estimate of drug-likeness (QED) is 0.627. The molecule has 0 amide bonds. The summed E-state index contributed by atoms with van der Waals surface area (Å²) in [5.74, 6) is -0.543.